The van der Waals surface area contributed by atoms with Crippen molar-refractivity contribution in [1.29, 1.82) is 0 Å². The smallest absolute Gasteiger partial charge is 0.128 e. The van der Waals surface area contributed by atoms with E-state index in [1.807, 2.05) is 0 Å². The Morgan fingerprint density at radius 2 is 2.23 bits per heavy atom. The van der Waals surface area contributed by atoms with Gasteiger partial charge < -0.3 is 5.73 Å². The van der Waals surface area contributed by atoms with Gasteiger partial charge in [0, 0.05) is 11.1 Å². The van der Waals surface area contributed by atoms with Crippen LogP contribution in [0.5, 0.6) is 0 Å². The predicted molar refractivity (Wildman–Crippen MR) is 51.9 cm³/mol. The molecule has 0 aromatic heterocycles. The zero-order valence-electron chi connectivity index (χ0n) is 6.98. The maximum Gasteiger partial charge on any atom is 0.128 e. The molecule has 0 aliphatic carbocycles. The highest BCUT2D eigenvalue weighted by Gasteiger charge is 1.99. The van der Waals surface area contributed by atoms with Gasteiger partial charge in [0.25, 0.3) is 0 Å². The summed E-state index contributed by atoms with van der Waals surface area (Å²) in [5, 5.41) is 0. The van der Waals surface area contributed by atoms with Gasteiger partial charge in [-0.15, -0.1) is 11.6 Å². The first-order valence-electron chi connectivity index (χ1n) is 3.81. The summed E-state index contributed by atoms with van der Waals surface area (Å²) in [6.45, 7) is 0.277. The Hall–Kier alpha value is -1.04. The summed E-state index contributed by atoms with van der Waals surface area (Å²) in [4.78, 5) is 0. The summed E-state index contributed by atoms with van der Waals surface area (Å²) >= 11 is 5.49. The van der Waals surface area contributed by atoms with Crippen molar-refractivity contribution in [1.82, 2.24) is 0 Å². The standard InChI is InChI=1S/C10H9ClFN/c11-7-9-4-3-8(2-1-5-13)6-10(9)12/h3-4,6H,5,7,13H2. The molecule has 1 rings (SSSR count). The molecule has 2 N–H and O–H groups in total. The summed E-state index contributed by atoms with van der Waals surface area (Å²) < 4.78 is 13.1. The highest BCUT2D eigenvalue weighted by atomic mass is 35.5. The Kier molecular flexibility index (Phi) is 3.75. The number of benzene rings is 1. The van der Waals surface area contributed by atoms with Gasteiger partial charge in [-0.3, -0.25) is 0 Å². The molecule has 0 spiro atoms. The van der Waals surface area contributed by atoms with Gasteiger partial charge in [0.2, 0.25) is 0 Å². The Labute approximate surface area is 81.7 Å². The van der Waals surface area contributed by atoms with E-state index in [0.717, 1.165) is 0 Å². The largest absolute Gasteiger partial charge is 0.320 e. The molecule has 1 aromatic rings. The van der Waals surface area contributed by atoms with Crippen molar-refractivity contribution >= 4 is 11.6 Å². The van der Waals surface area contributed by atoms with Crippen molar-refractivity contribution in [3.63, 3.8) is 0 Å². The molecule has 0 aliphatic heterocycles. The van der Waals surface area contributed by atoms with Crippen LogP contribution in [0.3, 0.4) is 0 Å². The molecule has 0 bridgehead atoms. The molecule has 0 amide bonds. The van der Waals surface area contributed by atoms with Crippen LogP contribution < -0.4 is 5.73 Å². The second-order valence-corrected chi connectivity index (χ2v) is 2.71. The fourth-order valence-electron chi connectivity index (χ4n) is 0.887. The summed E-state index contributed by atoms with van der Waals surface area (Å²) in [5.74, 6) is 5.24. The quantitative estimate of drug-likeness (QED) is 0.540. The maximum absolute atomic E-state index is 13.1. The lowest BCUT2D eigenvalue weighted by Gasteiger charge is -1.97. The van der Waals surface area contributed by atoms with E-state index in [-0.39, 0.29) is 18.2 Å². The number of halogens is 2. The van der Waals surface area contributed by atoms with Crippen LogP contribution in [-0.4, -0.2) is 6.54 Å². The molecule has 0 atom stereocenters. The first kappa shape index (κ1) is 10.0. The average Bonchev–Trinajstić information content (AvgIpc) is 2.15. The molecule has 3 heteroatoms. The van der Waals surface area contributed by atoms with Crippen LogP contribution >= 0.6 is 11.6 Å². The van der Waals surface area contributed by atoms with Gasteiger partial charge >= 0.3 is 0 Å². The zero-order valence-corrected chi connectivity index (χ0v) is 7.74. The van der Waals surface area contributed by atoms with Gasteiger partial charge in [-0.1, -0.05) is 17.9 Å². The van der Waals surface area contributed by atoms with Gasteiger partial charge in [0.05, 0.1) is 12.4 Å². The minimum Gasteiger partial charge on any atom is -0.320 e. The van der Waals surface area contributed by atoms with Gasteiger partial charge in [0.15, 0.2) is 0 Å². The van der Waals surface area contributed by atoms with E-state index in [1.54, 1.807) is 12.1 Å². The summed E-state index contributed by atoms with van der Waals surface area (Å²) in [6.07, 6.45) is 0. The number of hydrogen-bond acceptors (Lipinski definition) is 1. The van der Waals surface area contributed by atoms with Crippen LogP contribution in [0, 0.1) is 17.7 Å². The number of nitrogens with two attached hydrogens (primary N) is 1. The first-order valence-corrected chi connectivity index (χ1v) is 4.34. The van der Waals surface area contributed by atoms with Crippen LogP contribution in [0.15, 0.2) is 18.2 Å². The second kappa shape index (κ2) is 4.86. The number of hydrogen-bond donors (Lipinski definition) is 1. The van der Waals surface area contributed by atoms with Crippen LogP contribution in [0.4, 0.5) is 4.39 Å². The highest BCUT2D eigenvalue weighted by Crippen LogP contribution is 2.11. The molecule has 0 radical (unpaired) electrons. The molecule has 13 heavy (non-hydrogen) atoms. The molecule has 0 heterocycles. The Bertz CT molecular complexity index is 352. The minimum absolute atomic E-state index is 0.177. The lowest BCUT2D eigenvalue weighted by atomic mass is 10.1. The zero-order chi connectivity index (χ0) is 9.68. The molecular formula is C10H9ClFN. The van der Waals surface area contributed by atoms with Crippen molar-refractivity contribution in [3.8, 4) is 11.8 Å². The summed E-state index contributed by atoms with van der Waals surface area (Å²) in [7, 11) is 0. The molecule has 0 saturated carbocycles. The molecule has 1 aromatic carbocycles. The minimum atomic E-state index is -0.321. The lowest BCUT2D eigenvalue weighted by molar-refractivity contribution is 0.616. The number of rotatable bonds is 1. The average molecular weight is 198 g/mol. The maximum atomic E-state index is 13.1. The monoisotopic (exact) mass is 197 g/mol. The van der Waals surface area contributed by atoms with Crippen LogP contribution in [0.25, 0.3) is 0 Å². The molecule has 0 saturated heterocycles. The van der Waals surface area contributed by atoms with Gasteiger partial charge in [-0.05, 0) is 12.1 Å². The third kappa shape index (κ3) is 2.73. The lowest BCUT2D eigenvalue weighted by Crippen LogP contribution is -1.93. The normalized spacial score (nSPS) is 9.15. The number of alkyl halides is 1. The second-order valence-electron chi connectivity index (χ2n) is 2.45. The highest BCUT2D eigenvalue weighted by molar-refractivity contribution is 6.17. The van der Waals surface area contributed by atoms with Crippen molar-refractivity contribution in [2.45, 2.75) is 5.88 Å². The van der Waals surface area contributed by atoms with Gasteiger partial charge in [0.1, 0.15) is 5.82 Å². The van der Waals surface area contributed by atoms with Crippen molar-refractivity contribution in [3.05, 3.63) is 35.1 Å². The van der Waals surface area contributed by atoms with E-state index in [9.17, 15) is 4.39 Å². The summed E-state index contributed by atoms with van der Waals surface area (Å²) in [6, 6.07) is 4.71. The molecule has 0 unspecified atom stereocenters. The molecule has 1 nitrogen and oxygen atoms in total. The van der Waals surface area contributed by atoms with E-state index >= 15 is 0 Å². The van der Waals surface area contributed by atoms with Gasteiger partial charge in [-0.2, -0.15) is 0 Å². The van der Waals surface area contributed by atoms with Crippen LogP contribution in [-0.2, 0) is 5.88 Å². The predicted octanol–water partition coefficient (Wildman–Crippen LogP) is 1.87. The van der Waals surface area contributed by atoms with E-state index in [4.69, 9.17) is 17.3 Å². The van der Waals surface area contributed by atoms with Gasteiger partial charge in [-0.25, -0.2) is 4.39 Å². The van der Waals surface area contributed by atoms with E-state index < -0.39 is 0 Å². The Morgan fingerprint density at radius 1 is 1.46 bits per heavy atom. The summed E-state index contributed by atoms with van der Waals surface area (Å²) in [5.41, 5.74) is 6.29. The fourth-order valence-corrected chi connectivity index (χ4v) is 1.10. The molecule has 68 valence electrons. The van der Waals surface area contributed by atoms with E-state index in [0.29, 0.717) is 11.1 Å². The topological polar surface area (TPSA) is 26.0 Å². The van der Waals surface area contributed by atoms with Crippen molar-refractivity contribution in [2.24, 2.45) is 5.73 Å². The molecule has 0 fully saturated rings. The molecular weight excluding hydrogens is 189 g/mol. The van der Waals surface area contributed by atoms with Crippen molar-refractivity contribution in [2.75, 3.05) is 6.54 Å². The first-order chi connectivity index (χ1) is 6.27. The third-order valence-electron chi connectivity index (χ3n) is 1.53. The van der Waals surface area contributed by atoms with E-state index in [2.05, 4.69) is 11.8 Å². The third-order valence-corrected chi connectivity index (χ3v) is 1.82. The van der Waals surface area contributed by atoms with E-state index in [1.165, 1.54) is 6.07 Å². The SMILES string of the molecule is NCC#Cc1ccc(CCl)c(F)c1. The van der Waals surface area contributed by atoms with Crippen molar-refractivity contribution < 1.29 is 4.39 Å². The Balaban J connectivity index is 2.96. The Morgan fingerprint density at radius 3 is 2.77 bits per heavy atom. The fraction of sp³-hybridized carbons (Fsp3) is 0.200. The van der Waals surface area contributed by atoms with Crippen LogP contribution in [0.2, 0.25) is 0 Å². The van der Waals surface area contributed by atoms with Crippen LogP contribution in [0.1, 0.15) is 11.1 Å². The molecule has 0 aliphatic rings.